The van der Waals surface area contributed by atoms with Crippen LogP contribution in [0.3, 0.4) is 0 Å². The highest BCUT2D eigenvalue weighted by atomic mass is 19.1. The Balaban J connectivity index is 2.81. The summed E-state index contributed by atoms with van der Waals surface area (Å²) in [5.41, 5.74) is -0.281. The van der Waals surface area contributed by atoms with Crippen molar-refractivity contribution in [3.05, 3.63) is 29.6 Å². The summed E-state index contributed by atoms with van der Waals surface area (Å²) in [6, 6.07) is 3.07. The number of carboxylic acids is 1. The molecule has 1 rings (SSSR count). The summed E-state index contributed by atoms with van der Waals surface area (Å²) in [5, 5.41) is 11.4. The van der Waals surface area contributed by atoms with Crippen molar-refractivity contribution in [2.75, 3.05) is 18.9 Å². The van der Waals surface area contributed by atoms with Crippen molar-refractivity contribution in [3.8, 4) is 0 Å². The standard InChI is InChI=1S/C14H19FN2O3/c1-14(2,3)8-17(4)13(20)16-9-5-6-11(15)10(7-9)12(18)19/h5-7H,8H2,1-4H3,(H,16,20)(H,18,19). The summed E-state index contributed by atoms with van der Waals surface area (Å²) < 4.78 is 13.2. The number of hydrogen-bond acceptors (Lipinski definition) is 2. The number of nitrogens with zero attached hydrogens (tertiary/aromatic N) is 1. The molecule has 0 unspecified atom stereocenters. The number of amides is 2. The normalized spacial score (nSPS) is 11.1. The molecule has 6 heteroatoms. The molecule has 2 N–H and O–H groups in total. The topological polar surface area (TPSA) is 69.6 Å². The van der Waals surface area contributed by atoms with Crippen molar-refractivity contribution in [2.45, 2.75) is 20.8 Å². The van der Waals surface area contributed by atoms with E-state index in [0.717, 1.165) is 12.1 Å². The zero-order valence-corrected chi connectivity index (χ0v) is 12.0. The first-order valence-corrected chi connectivity index (χ1v) is 6.15. The Hall–Kier alpha value is -2.11. The van der Waals surface area contributed by atoms with Crippen LogP contribution in [0.5, 0.6) is 0 Å². The van der Waals surface area contributed by atoms with Gasteiger partial charge in [-0.25, -0.2) is 14.0 Å². The molecule has 0 aliphatic rings. The van der Waals surface area contributed by atoms with Crippen LogP contribution in [-0.2, 0) is 0 Å². The lowest BCUT2D eigenvalue weighted by Gasteiger charge is -2.26. The Morgan fingerprint density at radius 3 is 2.45 bits per heavy atom. The van der Waals surface area contributed by atoms with Gasteiger partial charge in [0.25, 0.3) is 0 Å². The van der Waals surface area contributed by atoms with Crippen molar-refractivity contribution in [3.63, 3.8) is 0 Å². The van der Waals surface area contributed by atoms with E-state index in [1.54, 1.807) is 7.05 Å². The number of nitrogens with one attached hydrogen (secondary N) is 1. The van der Waals surface area contributed by atoms with Crippen LogP contribution < -0.4 is 5.32 Å². The Morgan fingerprint density at radius 1 is 1.35 bits per heavy atom. The van der Waals surface area contributed by atoms with Gasteiger partial charge in [-0.2, -0.15) is 0 Å². The van der Waals surface area contributed by atoms with Crippen LogP contribution in [0.1, 0.15) is 31.1 Å². The summed E-state index contributed by atoms with van der Waals surface area (Å²) in [7, 11) is 1.64. The lowest BCUT2D eigenvalue weighted by atomic mass is 9.96. The van der Waals surface area contributed by atoms with Gasteiger partial charge in [-0.3, -0.25) is 0 Å². The van der Waals surface area contributed by atoms with Gasteiger partial charge in [0.15, 0.2) is 0 Å². The van der Waals surface area contributed by atoms with Crippen LogP contribution in [-0.4, -0.2) is 35.6 Å². The lowest BCUT2D eigenvalue weighted by molar-refractivity contribution is 0.0692. The molecule has 0 atom stereocenters. The highest BCUT2D eigenvalue weighted by molar-refractivity contribution is 5.93. The smallest absolute Gasteiger partial charge is 0.338 e. The fraction of sp³-hybridized carbons (Fsp3) is 0.429. The zero-order chi connectivity index (χ0) is 15.5. The van der Waals surface area contributed by atoms with E-state index in [1.165, 1.54) is 11.0 Å². The Bertz CT molecular complexity index is 524. The Labute approximate surface area is 117 Å². The molecule has 0 aliphatic carbocycles. The number of rotatable bonds is 3. The predicted molar refractivity (Wildman–Crippen MR) is 74.5 cm³/mol. The molecule has 1 aromatic rings. The highest BCUT2D eigenvalue weighted by Gasteiger charge is 2.18. The van der Waals surface area contributed by atoms with Gasteiger partial charge in [0.05, 0.1) is 5.56 Å². The summed E-state index contributed by atoms with van der Waals surface area (Å²) in [5.74, 6) is -2.21. The number of anilines is 1. The molecule has 20 heavy (non-hydrogen) atoms. The molecule has 0 heterocycles. The second-order valence-electron chi connectivity index (χ2n) is 5.85. The minimum Gasteiger partial charge on any atom is -0.478 e. The minimum absolute atomic E-state index is 0.0545. The van der Waals surface area contributed by atoms with Gasteiger partial charge < -0.3 is 15.3 Å². The fourth-order valence-electron chi connectivity index (χ4n) is 1.77. The molecule has 0 fully saturated rings. The van der Waals surface area contributed by atoms with Gasteiger partial charge in [0.1, 0.15) is 5.82 Å². The number of hydrogen-bond donors (Lipinski definition) is 2. The molecule has 0 bridgehead atoms. The molecular weight excluding hydrogens is 263 g/mol. The molecule has 0 saturated carbocycles. The first kappa shape index (κ1) is 15.9. The molecule has 1 aromatic carbocycles. The molecule has 0 aromatic heterocycles. The molecule has 2 amide bonds. The van der Waals surface area contributed by atoms with Gasteiger partial charge >= 0.3 is 12.0 Å². The Kier molecular flexibility index (Phi) is 4.70. The molecule has 0 saturated heterocycles. The number of carboxylic acid groups (broad SMARTS) is 1. The average Bonchev–Trinajstić information content (AvgIpc) is 2.28. The van der Waals surface area contributed by atoms with Crippen molar-refractivity contribution < 1.29 is 19.1 Å². The van der Waals surface area contributed by atoms with E-state index in [4.69, 9.17) is 5.11 Å². The molecular formula is C14H19FN2O3. The van der Waals surface area contributed by atoms with Gasteiger partial charge in [-0.1, -0.05) is 20.8 Å². The van der Waals surface area contributed by atoms with E-state index in [2.05, 4.69) is 5.32 Å². The Morgan fingerprint density at radius 2 is 1.95 bits per heavy atom. The van der Waals surface area contributed by atoms with Gasteiger partial charge in [-0.15, -0.1) is 0 Å². The molecule has 110 valence electrons. The SMILES string of the molecule is CN(CC(C)(C)C)C(=O)Nc1ccc(F)c(C(=O)O)c1. The van der Waals surface area contributed by atoms with E-state index in [-0.39, 0.29) is 17.1 Å². The molecule has 0 aliphatic heterocycles. The maximum atomic E-state index is 13.2. The quantitative estimate of drug-likeness (QED) is 0.895. The number of aromatic carboxylic acids is 1. The van der Waals surface area contributed by atoms with E-state index in [0.29, 0.717) is 6.54 Å². The van der Waals surface area contributed by atoms with Crippen molar-refractivity contribution in [1.29, 1.82) is 0 Å². The van der Waals surface area contributed by atoms with Gasteiger partial charge in [-0.05, 0) is 23.6 Å². The van der Waals surface area contributed by atoms with E-state index in [9.17, 15) is 14.0 Å². The first-order chi connectivity index (χ1) is 9.10. The second kappa shape index (κ2) is 5.90. The highest BCUT2D eigenvalue weighted by Crippen LogP contribution is 2.17. The third-order valence-corrected chi connectivity index (χ3v) is 2.51. The summed E-state index contributed by atoms with van der Waals surface area (Å²) >= 11 is 0. The van der Waals surface area contributed by atoms with Crippen molar-refractivity contribution in [1.82, 2.24) is 4.90 Å². The molecule has 0 spiro atoms. The van der Waals surface area contributed by atoms with Gasteiger partial charge in [0, 0.05) is 19.3 Å². The van der Waals surface area contributed by atoms with Crippen LogP contribution in [0.4, 0.5) is 14.9 Å². The lowest BCUT2D eigenvalue weighted by Crippen LogP contribution is -2.37. The van der Waals surface area contributed by atoms with Crippen molar-refractivity contribution >= 4 is 17.7 Å². The van der Waals surface area contributed by atoms with Gasteiger partial charge in [0.2, 0.25) is 0 Å². The van der Waals surface area contributed by atoms with Crippen LogP contribution in [0.25, 0.3) is 0 Å². The van der Waals surface area contributed by atoms with E-state index >= 15 is 0 Å². The fourth-order valence-corrected chi connectivity index (χ4v) is 1.77. The van der Waals surface area contributed by atoms with Crippen LogP contribution in [0.15, 0.2) is 18.2 Å². The summed E-state index contributed by atoms with van der Waals surface area (Å²) in [6.07, 6.45) is 0. The third kappa shape index (κ3) is 4.53. The number of benzene rings is 1. The number of carbonyl (C=O) groups excluding carboxylic acids is 1. The molecule has 0 radical (unpaired) electrons. The monoisotopic (exact) mass is 282 g/mol. The summed E-state index contributed by atoms with van der Waals surface area (Å²) in [4.78, 5) is 24.2. The average molecular weight is 282 g/mol. The minimum atomic E-state index is -1.37. The molecule has 5 nitrogen and oxygen atoms in total. The predicted octanol–water partition coefficient (Wildman–Crippen LogP) is 3.03. The summed E-state index contributed by atoms with van der Waals surface area (Å²) in [6.45, 7) is 6.53. The maximum Gasteiger partial charge on any atom is 0.338 e. The number of urea groups is 1. The second-order valence-corrected chi connectivity index (χ2v) is 5.85. The van der Waals surface area contributed by atoms with E-state index in [1.807, 2.05) is 20.8 Å². The van der Waals surface area contributed by atoms with Crippen LogP contribution >= 0.6 is 0 Å². The van der Waals surface area contributed by atoms with Crippen LogP contribution in [0.2, 0.25) is 0 Å². The number of halogens is 1. The maximum absolute atomic E-state index is 13.2. The van der Waals surface area contributed by atoms with Crippen molar-refractivity contribution in [2.24, 2.45) is 5.41 Å². The van der Waals surface area contributed by atoms with Crippen LogP contribution in [0, 0.1) is 11.2 Å². The zero-order valence-electron chi connectivity index (χ0n) is 12.0. The number of carbonyl (C=O) groups is 2. The first-order valence-electron chi connectivity index (χ1n) is 6.15. The van der Waals surface area contributed by atoms with E-state index < -0.39 is 17.3 Å². The largest absolute Gasteiger partial charge is 0.478 e. The third-order valence-electron chi connectivity index (χ3n) is 2.51.